The van der Waals surface area contributed by atoms with Gasteiger partial charge in [0.1, 0.15) is 0 Å². The fourth-order valence-corrected chi connectivity index (χ4v) is 3.45. The molecular formula is C14H15IN2O3S2. The quantitative estimate of drug-likeness (QED) is 0.665. The Bertz CT molecular complexity index is 755. The molecule has 1 aromatic carbocycles. The maximum atomic E-state index is 12.1. The zero-order valence-electron chi connectivity index (χ0n) is 11.8. The molecule has 0 saturated heterocycles. The lowest BCUT2D eigenvalue weighted by atomic mass is 10.3. The van der Waals surface area contributed by atoms with Crippen LogP contribution in [0.25, 0.3) is 0 Å². The van der Waals surface area contributed by atoms with Crippen molar-refractivity contribution in [2.24, 2.45) is 0 Å². The SMILES string of the molecule is CS(=O)(=O)NCCc1ccc(C(=O)Nc2ccc(I)cc2)s1. The van der Waals surface area contributed by atoms with Gasteiger partial charge in [-0.2, -0.15) is 0 Å². The van der Waals surface area contributed by atoms with Crippen LogP contribution in [0.3, 0.4) is 0 Å². The normalized spacial score (nSPS) is 11.4. The molecule has 0 bridgehead atoms. The van der Waals surface area contributed by atoms with Gasteiger partial charge in [0, 0.05) is 20.7 Å². The number of rotatable bonds is 6. The van der Waals surface area contributed by atoms with E-state index in [1.807, 2.05) is 30.3 Å². The van der Waals surface area contributed by atoms with Gasteiger partial charge in [0.05, 0.1) is 11.1 Å². The number of carbonyl (C=O) groups is 1. The average Bonchev–Trinajstić information content (AvgIpc) is 2.89. The number of hydrogen-bond acceptors (Lipinski definition) is 4. The lowest BCUT2D eigenvalue weighted by Crippen LogP contribution is -2.24. The molecule has 0 spiro atoms. The molecule has 1 heterocycles. The Balaban J connectivity index is 1.92. The third-order valence-electron chi connectivity index (χ3n) is 2.72. The largest absolute Gasteiger partial charge is 0.321 e. The van der Waals surface area contributed by atoms with Gasteiger partial charge < -0.3 is 5.32 Å². The minimum atomic E-state index is -3.17. The Labute approximate surface area is 147 Å². The molecule has 0 radical (unpaired) electrons. The lowest BCUT2D eigenvalue weighted by molar-refractivity contribution is 0.103. The molecule has 2 rings (SSSR count). The Morgan fingerprint density at radius 2 is 1.86 bits per heavy atom. The van der Waals surface area contributed by atoms with Crippen LogP contribution in [0.15, 0.2) is 36.4 Å². The van der Waals surface area contributed by atoms with E-state index in [2.05, 4.69) is 32.6 Å². The van der Waals surface area contributed by atoms with E-state index in [0.717, 1.165) is 20.4 Å². The molecule has 0 aliphatic rings. The molecule has 0 aliphatic carbocycles. The fourth-order valence-electron chi connectivity index (χ4n) is 1.72. The van der Waals surface area contributed by atoms with E-state index < -0.39 is 10.0 Å². The molecule has 0 unspecified atom stereocenters. The number of hydrogen-bond donors (Lipinski definition) is 2. The first-order chi connectivity index (χ1) is 10.3. The number of benzene rings is 1. The van der Waals surface area contributed by atoms with Crippen LogP contribution in [-0.4, -0.2) is 27.1 Å². The second kappa shape index (κ2) is 7.53. The van der Waals surface area contributed by atoms with Gasteiger partial charge in [-0.15, -0.1) is 11.3 Å². The first-order valence-corrected chi connectivity index (χ1v) is 10.2. The lowest BCUT2D eigenvalue weighted by Gasteiger charge is -2.03. The van der Waals surface area contributed by atoms with Gasteiger partial charge in [-0.3, -0.25) is 4.79 Å². The Morgan fingerprint density at radius 3 is 2.50 bits per heavy atom. The topological polar surface area (TPSA) is 75.3 Å². The second-order valence-corrected chi connectivity index (χ2v) is 8.89. The fraction of sp³-hybridized carbons (Fsp3) is 0.214. The van der Waals surface area contributed by atoms with Crippen LogP contribution in [0, 0.1) is 3.57 Å². The highest BCUT2D eigenvalue weighted by Gasteiger charge is 2.10. The predicted octanol–water partition coefficient (Wildman–Crippen LogP) is 2.70. The second-order valence-electron chi connectivity index (χ2n) is 4.64. The minimum Gasteiger partial charge on any atom is -0.321 e. The van der Waals surface area contributed by atoms with Gasteiger partial charge >= 0.3 is 0 Å². The summed E-state index contributed by atoms with van der Waals surface area (Å²) in [5.41, 5.74) is 0.749. The molecule has 0 aliphatic heterocycles. The molecule has 2 N–H and O–H groups in total. The van der Waals surface area contributed by atoms with Crippen molar-refractivity contribution in [1.82, 2.24) is 4.72 Å². The molecule has 0 saturated carbocycles. The maximum Gasteiger partial charge on any atom is 0.265 e. The van der Waals surface area contributed by atoms with Crippen LogP contribution in [0.4, 0.5) is 5.69 Å². The van der Waals surface area contributed by atoms with Crippen LogP contribution in [0.5, 0.6) is 0 Å². The van der Waals surface area contributed by atoms with E-state index in [-0.39, 0.29) is 5.91 Å². The van der Waals surface area contributed by atoms with E-state index in [4.69, 9.17) is 0 Å². The van der Waals surface area contributed by atoms with Gasteiger partial charge in [-0.1, -0.05) is 0 Å². The van der Waals surface area contributed by atoms with Crippen LogP contribution < -0.4 is 10.0 Å². The first-order valence-electron chi connectivity index (χ1n) is 6.44. The summed E-state index contributed by atoms with van der Waals surface area (Å²) in [6, 6.07) is 11.1. The Morgan fingerprint density at radius 1 is 1.18 bits per heavy atom. The van der Waals surface area contributed by atoms with Crippen molar-refractivity contribution in [3.8, 4) is 0 Å². The average molecular weight is 450 g/mol. The van der Waals surface area contributed by atoms with Crippen molar-refractivity contribution < 1.29 is 13.2 Å². The van der Waals surface area contributed by atoms with E-state index in [1.54, 1.807) is 6.07 Å². The van der Waals surface area contributed by atoms with Crippen molar-refractivity contribution in [1.29, 1.82) is 0 Å². The highest BCUT2D eigenvalue weighted by molar-refractivity contribution is 14.1. The number of anilines is 1. The first kappa shape index (κ1) is 17.4. The molecule has 0 atom stereocenters. The highest BCUT2D eigenvalue weighted by atomic mass is 127. The molecule has 118 valence electrons. The van der Waals surface area contributed by atoms with Crippen LogP contribution in [-0.2, 0) is 16.4 Å². The number of halogens is 1. The zero-order valence-corrected chi connectivity index (χ0v) is 15.6. The number of carbonyl (C=O) groups excluding carboxylic acids is 1. The van der Waals surface area contributed by atoms with E-state index in [9.17, 15) is 13.2 Å². The Hall–Kier alpha value is -0.970. The summed E-state index contributed by atoms with van der Waals surface area (Å²) in [6.07, 6.45) is 1.69. The highest BCUT2D eigenvalue weighted by Crippen LogP contribution is 2.19. The van der Waals surface area contributed by atoms with Crippen molar-refractivity contribution in [2.75, 3.05) is 18.1 Å². The third-order valence-corrected chi connectivity index (χ3v) is 5.31. The van der Waals surface area contributed by atoms with Crippen molar-refractivity contribution in [3.63, 3.8) is 0 Å². The summed E-state index contributed by atoms with van der Waals surface area (Å²) in [6.45, 7) is 0.331. The number of sulfonamides is 1. The zero-order chi connectivity index (χ0) is 16.2. The monoisotopic (exact) mass is 450 g/mol. The Kier molecular flexibility index (Phi) is 5.95. The molecule has 8 heteroatoms. The molecule has 0 fully saturated rings. The predicted molar refractivity (Wildman–Crippen MR) is 98.0 cm³/mol. The minimum absolute atomic E-state index is 0.159. The molecule has 2 aromatic rings. The van der Waals surface area contributed by atoms with Gasteiger partial charge in [0.2, 0.25) is 10.0 Å². The maximum absolute atomic E-state index is 12.1. The smallest absolute Gasteiger partial charge is 0.265 e. The summed E-state index contributed by atoms with van der Waals surface area (Å²) >= 11 is 3.57. The molecule has 5 nitrogen and oxygen atoms in total. The number of nitrogens with one attached hydrogen (secondary N) is 2. The number of amides is 1. The van der Waals surface area contributed by atoms with Gasteiger partial charge in [0.15, 0.2) is 0 Å². The van der Waals surface area contributed by atoms with E-state index >= 15 is 0 Å². The molecule has 22 heavy (non-hydrogen) atoms. The summed E-state index contributed by atoms with van der Waals surface area (Å²) in [5, 5.41) is 2.84. The van der Waals surface area contributed by atoms with Gasteiger partial charge in [-0.25, -0.2) is 13.1 Å². The van der Waals surface area contributed by atoms with E-state index in [1.165, 1.54) is 11.3 Å². The van der Waals surface area contributed by atoms with Crippen LogP contribution in [0.1, 0.15) is 14.5 Å². The summed E-state index contributed by atoms with van der Waals surface area (Å²) in [7, 11) is -3.17. The van der Waals surface area contributed by atoms with E-state index in [0.29, 0.717) is 17.8 Å². The summed E-state index contributed by atoms with van der Waals surface area (Å²) in [4.78, 5) is 13.7. The van der Waals surface area contributed by atoms with Crippen LogP contribution in [0.2, 0.25) is 0 Å². The van der Waals surface area contributed by atoms with Gasteiger partial charge in [-0.05, 0) is 65.4 Å². The van der Waals surface area contributed by atoms with Crippen LogP contribution >= 0.6 is 33.9 Å². The number of thiophene rings is 1. The molecule has 1 aromatic heterocycles. The standard InChI is InChI=1S/C14H15IN2O3S2/c1-22(19,20)16-9-8-12-6-7-13(21-12)14(18)17-11-4-2-10(15)3-5-11/h2-7,16H,8-9H2,1H3,(H,17,18). The van der Waals surface area contributed by atoms with Crippen molar-refractivity contribution in [2.45, 2.75) is 6.42 Å². The molecular weight excluding hydrogens is 435 g/mol. The summed E-state index contributed by atoms with van der Waals surface area (Å²) in [5.74, 6) is -0.159. The van der Waals surface area contributed by atoms with Gasteiger partial charge in [0.25, 0.3) is 5.91 Å². The third kappa shape index (κ3) is 5.67. The van der Waals surface area contributed by atoms with Crippen molar-refractivity contribution >= 4 is 55.5 Å². The van der Waals surface area contributed by atoms with Crippen molar-refractivity contribution in [3.05, 3.63) is 49.7 Å². The molecule has 1 amide bonds. The summed E-state index contributed by atoms with van der Waals surface area (Å²) < 4.78 is 25.5.